The molecule has 0 aliphatic heterocycles. The van der Waals surface area contributed by atoms with E-state index in [1.165, 1.54) is 12.1 Å². The molecule has 1 rings (SSSR count). The first-order chi connectivity index (χ1) is 8.22. The molecule has 1 aromatic carbocycles. The first kappa shape index (κ1) is 13.6. The van der Waals surface area contributed by atoms with Crippen LogP contribution in [0.3, 0.4) is 0 Å². The van der Waals surface area contributed by atoms with Gasteiger partial charge < -0.3 is 15.2 Å². The van der Waals surface area contributed by atoms with Crippen LogP contribution in [0.4, 0.5) is 4.39 Å². The number of carbonyl (C=O) groups excluding carboxylic acids is 1. The molecular weight excluding hydrogens is 225 g/mol. The van der Waals surface area contributed by atoms with E-state index in [1.54, 1.807) is 12.1 Å². The number of amides is 1. The first-order valence-corrected chi connectivity index (χ1v) is 5.42. The van der Waals surface area contributed by atoms with Crippen LogP contribution in [0.2, 0.25) is 0 Å². The fourth-order valence-electron chi connectivity index (χ4n) is 1.28. The molecular formula is C12H16FNO3. The Kier molecular flexibility index (Phi) is 6.21. The molecule has 0 spiro atoms. The van der Waals surface area contributed by atoms with E-state index in [-0.39, 0.29) is 31.5 Å². The maximum atomic E-state index is 12.6. The highest BCUT2D eigenvalue weighted by atomic mass is 19.1. The number of aliphatic hydroxyl groups excluding tert-OH is 1. The summed E-state index contributed by atoms with van der Waals surface area (Å²) in [6.45, 7) is 0.491. The van der Waals surface area contributed by atoms with Gasteiger partial charge in [0, 0.05) is 6.54 Å². The molecule has 1 amide bonds. The second-order valence-corrected chi connectivity index (χ2v) is 3.50. The molecule has 0 fully saturated rings. The van der Waals surface area contributed by atoms with Crippen molar-refractivity contribution in [3.8, 4) is 0 Å². The summed E-state index contributed by atoms with van der Waals surface area (Å²) >= 11 is 0. The average molecular weight is 241 g/mol. The maximum Gasteiger partial charge on any atom is 0.246 e. The SMILES string of the molecule is O=C(COCCO)NCCc1ccc(F)cc1. The molecule has 2 N–H and O–H groups in total. The predicted octanol–water partition coefficient (Wildman–Crippen LogP) is 0.493. The van der Waals surface area contributed by atoms with Crippen molar-refractivity contribution >= 4 is 5.91 Å². The maximum absolute atomic E-state index is 12.6. The van der Waals surface area contributed by atoms with Crippen molar-refractivity contribution < 1.29 is 19.0 Å². The Labute approximate surface area is 99.4 Å². The molecule has 5 heteroatoms. The molecule has 0 heterocycles. The number of hydrogen-bond acceptors (Lipinski definition) is 3. The van der Waals surface area contributed by atoms with E-state index in [2.05, 4.69) is 5.32 Å². The van der Waals surface area contributed by atoms with Gasteiger partial charge in [0.2, 0.25) is 5.91 Å². The van der Waals surface area contributed by atoms with Gasteiger partial charge in [0.25, 0.3) is 0 Å². The lowest BCUT2D eigenvalue weighted by molar-refractivity contribution is -0.125. The highest BCUT2D eigenvalue weighted by Crippen LogP contribution is 2.02. The number of ether oxygens (including phenoxy) is 1. The van der Waals surface area contributed by atoms with E-state index in [0.717, 1.165) is 5.56 Å². The zero-order valence-electron chi connectivity index (χ0n) is 9.49. The van der Waals surface area contributed by atoms with Crippen LogP contribution in [-0.4, -0.2) is 37.4 Å². The fourth-order valence-corrected chi connectivity index (χ4v) is 1.28. The zero-order valence-corrected chi connectivity index (χ0v) is 9.49. The third kappa shape index (κ3) is 5.99. The molecule has 0 saturated carbocycles. The quantitative estimate of drug-likeness (QED) is 0.683. The van der Waals surface area contributed by atoms with Crippen LogP contribution in [-0.2, 0) is 16.0 Å². The summed E-state index contributed by atoms with van der Waals surface area (Å²) < 4.78 is 17.5. The van der Waals surface area contributed by atoms with Crippen LogP contribution in [0.5, 0.6) is 0 Å². The van der Waals surface area contributed by atoms with E-state index in [9.17, 15) is 9.18 Å². The van der Waals surface area contributed by atoms with Crippen LogP contribution in [0.25, 0.3) is 0 Å². The van der Waals surface area contributed by atoms with Crippen molar-refractivity contribution in [3.05, 3.63) is 35.6 Å². The minimum absolute atomic E-state index is 0.0516. The summed E-state index contributed by atoms with van der Waals surface area (Å²) in [4.78, 5) is 11.2. The minimum atomic E-state index is -0.268. The largest absolute Gasteiger partial charge is 0.394 e. The van der Waals surface area contributed by atoms with E-state index in [4.69, 9.17) is 9.84 Å². The molecule has 0 aliphatic carbocycles. The van der Waals surface area contributed by atoms with Crippen LogP contribution in [0, 0.1) is 5.82 Å². The summed E-state index contributed by atoms with van der Waals surface area (Å²) in [7, 11) is 0. The molecule has 17 heavy (non-hydrogen) atoms. The molecule has 0 radical (unpaired) electrons. The lowest BCUT2D eigenvalue weighted by Gasteiger charge is -2.05. The normalized spacial score (nSPS) is 10.2. The van der Waals surface area contributed by atoms with Gasteiger partial charge in [0.05, 0.1) is 13.2 Å². The molecule has 0 atom stereocenters. The third-order valence-corrected chi connectivity index (χ3v) is 2.12. The van der Waals surface area contributed by atoms with E-state index < -0.39 is 0 Å². The third-order valence-electron chi connectivity index (χ3n) is 2.12. The number of hydrogen-bond donors (Lipinski definition) is 2. The van der Waals surface area contributed by atoms with Gasteiger partial charge in [-0.2, -0.15) is 0 Å². The highest BCUT2D eigenvalue weighted by Gasteiger charge is 2.00. The Bertz CT molecular complexity index is 340. The van der Waals surface area contributed by atoms with E-state index >= 15 is 0 Å². The molecule has 0 bridgehead atoms. The zero-order chi connectivity index (χ0) is 12.5. The second-order valence-electron chi connectivity index (χ2n) is 3.50. The Morgan fingerprint density at radius 2 is 2.06 bits per heavy atom. The van der Waals surface area contributed by atoms with Crippen molar-refractivity contribution in [3.63, 3.8) is 0 Å². The van der Waals surface area contributed by atoms with Gasteiger partial charge in [-0.1, -0.05) is 12.1 Å². The van der Waals surface area contributed by atoms with Crippen LogP contribution in [0.15, 0.2) is 24.3 Å². The van der Waals surface area contributed by atoms with Crippen molar-refractivity contribution in [2.24, 2.45) is 0 Å². The van der Waals surface area contributed by atoms with Gasteiger partial charge in [0.1, 0.15) is 12.4 Å². The lowest BCUT2D eigenvalue weighted by Crippen LogP contribution is -2.29. The smallest absolute Gasteiger partial charge is 0.246 e. The summed E-state index contributed by atoms with van der Waals surface area (Å²) in [5.74, 6) is -0.490. The number of halogens is 1. The predicted molar refractivity (Wildman–Crippen MR) is 61.0 cm³/mol. The van der Waals surface area contributed by atoms with Crippen LogP contribution in [0.1, 0.15) is 5.56 Å². The minimum Gasteiger partial charge on any atom is -0.394 e. The van der Waals surface area contributed by atoms with Gasteiger partial charge in [-0.3, -0.25) is 4.79 Å². The number of rotatable bonds is 7. The van der Waals surface area contributed by atoms with Crippen LogP contribution >= 0.6 is 0 Å². The summed E-state index contributed by atoms with van der Waals surface area (Å²) in [5, 5.41) is 11.1. The molecule has 0 aromatic heterocycles. The van der Waals surface area contributed by atoms with Crippen molar-refractivity contribution in [1.82, 2.24) is 5.32 Å². The summed E-state index contributed by atoms with van der Waals surface area (Å²) in [6.07, 6.45) is 0.645. The van der Waals surface area contributed by atoms with Gasteiger partial charge in [-0.05, 0) is 24.1 Å². The molecule has 0 saturated heterocycles. The molecule has 4 nitrogen and oxygen atoms in total. The molecule has 0 unspecified atom stereocenters. The fraction of sp³-hybridized carbons (Fsp3) is 0.417. The first-order valence-electron chi connectivity index (χ1n) is 5.42. The summed E-state index contributed by atoms with van der Waals surface area (Å²) in [6, 6.07) is 6.15. The average Bonchev–Trinajstić information content (AvgIpc) is 2.32. The summed E-state index contributed by atoms with van der Waals surface area (Å²) in [5.41, 5.74) is 0.961. The topological polar surface area (TPSA) is 58.6 Å². The van der Waals surface area contributed by atoms with Crippen molar-refractivity contribution in [1.29, 1.82) is 0 Å². The Morgan fingerprint density at radius 3 is 2.71 bits per heavy atom. The van der Waals surface area contributed by atoms with Gasteiger partial charge in [-0.25, -0.2) is 4.39 Å². The standard InChI is InChI=1S/C12H16FNO3/c13-11-3-1-10(2-4-11)5-6-14-12(16)9-17-8-7-15/h1-4,15H,5-9H2,(H,14,16). The van der Waals surface area contributed by atoms with Gasteiger partial charge in [-0.15, -0.1) is 0 Å². The Balaban J connectivity index is 2.14. The number of carbonyl (C=O) groups is 1. The number of benzene rings is 1. The number of aliphatic hydroxyl groups is 1. The van der Waals surface area contributed by atoms with E-state index in [0.29, 0.717) is 13.0 Å². The number of nitrogens with one attached hydrogen (secondary N) is 1. The highest BCUT2D eigenvalue weighted by molar-refractivity contribution is 5.77. The molecule has 1 aromatic rings. The monoisotopic (exact) mass is 241 g/mol. The Morgan fingerprint density at radius 1 is 1.35 bits per heavy atom. The van der Waals surface area contributed by atoms with Gasteiger partial charge in [0.15, 0.2) is 0 Å². The second kappa shape index (κ2) is 7.76. The van der Waals surface area contributed by atoms with Crippen molar-refractivity contribution in [2.75, 3.05) is 26.4 Å². The van der Waals surface area contributed by atoms with Crippen molar-refractivity contribution in [2.45, 2.75) is 6.42 Å². The molecule has 0 aliphatic rings. The lowest BCUT2D eigenvalue weighted by atomic mass is 10.1. The Hall–Kier alpha value is -1.46. The molecule has 94 valence electrons. The van der Waals surface area contributed by atoms with Gasteiger partial charge >= 0.3 is 0 Å². The van der Waals surface area contributed by atoms with Crippen LogP contribution < -0.4 is 5.32 Å². The van der Waals surface area contributed by atoms with E-state index in [1.807, 2.05) is 0 Å².